The zero-order valence-corrected chi connectivity index (χ0v) is 17.3. The van der Waals surface area contributed by atoms with E-state index in [9.17, 15) is 9.59 Å². The molecule has 0 aliphatic carbocycles. The van der Waals surface area contributed by atoms with Crippen molar-refractivity contribution in [1.29, 1.82) is 0 Å². The Bertz CT molecular complexity index is 1060. The van der Waals surface area contributed by atoms with Crippen LogP contribution in [0.3, 0.4) is 0 Å². The fourth-order valence-corrected chi connectivity index (χ4v) is 4.45. The first-order valence-corrected chi connectivity index (χ1v) is 10.8. The van der Waals surface area contributed by atoms with Gasteiger partial charge in [0.15, 0.2) is 0 Å². The lowest BCUT2D eigenvalue weighted by Crippen LogP contribution is -2.26. The minimum absolute atomic E-state index is 0.0456. The Morgan fingerprint density at radius 3 is 2.62 bits per heavy atom. The van der Waals surface area contributed by atoms with Gasteiger partial charge in [-0.25, -0.2) is 0 Å². The van der Waals surface area contributed by atoms with Crippen LogP contribution in [0.5, 0.6) is 0 Å². The van der Waals surface area contributed by atoms with Crippen LogP contribution in [0, 0.1) is 0 Å². The van der Waals surface area contributed by atoms with Crippen LogP contribution in [-0.2, 0) is 4.79 Å². The maximum Gasteiger partial charge on any atom is 0.255 e. The van der Waals surface area contributed by atoms with Crippen molar-refractivity contribution in [1.82, 2.24) is 0 Å². The first kappa shape index (κ1) is 19.4. The van der Waals surface area contributed by atoms with Gasteiger partial charge in [-0.05, 0) is 67.4 Å². The van der Waals surface area contributed by atoms with Crippen molar-refractivity contribution in [2.24, 2.45) is 0 Å². The first-order chi connectivity index (χ1) is 14.1. The van der Waals surface area contributed by atoms with Crippen molar-refractivity contribution in [3.63, 3.8) is 0 Å². The lowest BCUT2D eigenvalue weighted by atomic mass is 10.1. The summed E-state index contributed by atoms with van der Waals surface area (Å²) in [5.41, 5.74) is 2.90. The Labute approximate surface area is 177 Å². The molecule has 4 rings (SSSR count). The van der Waals surface area contributed by atoms with Crippen LogP contribution in [0.25, 0.3) is 0 Å². The third-order valence-electron chi connectivity index (χ3n) is 4.33. The van der Waals surface area contributed by atoms with Crippen molar-refractivity contribution < 1.29 is 9.59 Å². The van der Waals surface area contributed by atoms with Gasteiger partial charge in [0.2, 0.25) is 5.91 Å². The van der Waals surface area contributed by atoms with Crippen LogP contribution >= 0.6 is 23.7 Å². The molecule has 3 aromatic rings. The van der Waals surface area contributed by atoms with Gasteiger partial charge in [0.05, 0.1) is 10.9 Å². The number of para-hydroxylation sites is 1. The lowest BCUT2D eigenvalue weighted by molar-refractivity contribution is -0.115. The molecule has 7 heteroatoms. The van der Waals surface area contributed by atoms with E-state index in [1.165, 1.54) is 23.7 Å². The zero-order valence-electron chi connectivity index (χ0n) is 15.6. The summed E-state index contributed by atoms with van der Waals surface area (Å²) in [6.07, 6.45) is 0. The van der Waals surface area contributed by atoms with E-state index in [1.807, 2.05) is 67.6 Å². The van der Waals surface area contributed by atoms with Crippen molar-refractivity contribution in [2.75, 3.05) is 15.4 Å². The van der Waals surface area contributed by atoms with Crippen LogP contribution in [0.4, 0.5) is 17.1 Å². The van der Waals surface area contributed by atoms with Gasteiger partial charge in [0.25, 0.3) is 5.91 Å². The minimum Gasteiger partial charge on any atom is -0.326 e. The molecule has 3 aromatic carbocycles. The molecule has 1 atom stereocenters. The summed E-state index contributed by atoms with van der Waals surface area (Å²) < 4.78 is 3.28. The fraction of sp³-hybridized carbons (Fsp3) is 0.0909. The van der Waals surface area contributed by atoms with Gasteiger partial charge in [-0.3, -0.25) is 9.59 Å². The van der Waals surface area contributed by atoms with Gasteiger partial charge < -0.3 is 15.4 Å². The van der Waals surface area contributed by atoms with E-state index >= 15 is 0 Å². The number of hydrogen-bond donors (Lipinski definition) is 3. The molecule has 0 aromatic heterocycles. The minimum atomic E-state index is -0.219. The molecule has 0 radical (unpaired) electrons. The maximum absolute atomic E-state index is 12.7. The van der Waals surface area contributed by atoms with Gasteiger partial charge >= 0.3 is 0 Å². The Balaban J connectivity index is 1.43. The third-order valence-corrected chi connectivity index (χ3v) is 6.33. The number of carbonyl (C=O) groups excluding carboxylic acids is 2. The number of carbonyl (C=O) groups is 2. The molecular weight excluding hydrogens is 402 g/mol. The average Bonchev–Trinajstić information content (AvgIpc) is 2.74. The molecule has 0 saturated carbocycles. The summed E-state index contributed by atoms with van der Waals surface area (Å²) in [5.74, 6) is -0.264. The zero-order chi connectivity index (χ0) is 20.2. The summed E-state index contributed by atoms with van der Waals surface area (Å²) in [6, 6.07) is 22.9. The van der Waals surface area contributed by atoms with Crippen molar-refractivity contribution in [2.45, 2.75) is 22.0 Å². The topological polar surface area (TPSA) is 70.2 Å². The molecule has 29 heavy (non-hydrogen) atoms. The summed E-state index contributed by atoms with van der Waals surface area (Å²) in [4.78, 5) is 26.5. The molecule has 0 bridgehead atoms. The molecule has 5 nitrogen and oxygen atoms in total. The highest BCUT2D eigenvalue weighted by atomic mass is 32.2. The number of hydrogen-bond acceptors (Lipinski definition) is 5. The van der Waals surface area contributed by atoms with Gasteiger partial charge in [-0.1, -0.05) is 24.3 Å². The predicted molar refractivity (Wildman–Crippen MR) is 121 cm³/mol. The second-order valence-corrected chi connectivity index (χ2v) is 8.77. The van der Waals surface area contributed by atoms with Crippen LogP contribution in [0.1, 0.15) is 17.3 Å². The van der Waals surface area contributed by atoms with E-state index in [0.29, 0.717) is 16.9 Å². The molecule has 0 saturated heterocycles. The number of thioether (sulfide) groups is 1. The molecule has 146 valence electrons. The van der Waals surface area contributed by atoms with E-state index in [0.717, 1.165) is 15.5 Å². The summed E-state index contributed by atoms with van der Waals surface area (Å²) in [5, 5.41) is 5.65. The van der Waals surface area contributed by atoms with Gasteiger partial charge in [-0.2, -0.15) is 0 Å². The fourth-order valence-electron chi connectivity index (χ4n) is 2.81. The summed E-state index contributed by atoms with van der Waals surface area (Å²) >= 11 is 2.97. The maximum atomic E-state index is 12.7. The van der Waals surface area contributed by atoms with Gasteiger partial charge in [0, 0.05) is 26.7 Å². The Hall–Kier alpha value is -2.90. The molecule has 0 spiro atoms. The molecule has 2 amide bonds. The van der Waals surface area contributed by atoms with E-state index in [1.54, 1.807) is 12.1 Å². The Morgan fingerprint density at radius 1 is 1.00 bits per heavy atom. The van der Waals surface area contributed by atoms with Crippen molar-refractivity contribution in [3.8, 4) is 0 Å². The number of nitrogens with one attached hydrogen (secondary N) is 3. The normalized spacial score (nSPS) is 15.2. The Kier molecular flexibility index (Phi) is 5.78. The van der Waals surface area contributed by atoms with E-state index < -0.39 is 0 Å². The second kappa shape index (κ2) is 8.63. The highest BCUT2D eigenvalue weighted by Gasteiger charge is 2.23. The van der Waals surface area contributed by atoms with Crippen LogP contribution in [0.15, 0.2) is 82.6 Å². The monoisotopic (exact) mass is 421 g/mol. The summed E-state index contributed by atoms with van der Waals surface area (Å²) in [7, 11) is 0. The molecular formula is C22H19N3O2S2. The van der Waals surface area contributed by atoms with Crippen LogP contribution < -0.4 is 15.4 Å². The van der Waals surface area contributed by atoms with Crippen LogP contribution in [-0.4, -0.2) is 17.1 Å². The number of anilines is 3. The van der Waals surface area contributed by atoms with Gasteiger partial charge in [0.1, 0.15) is 0 Å². The van der Waals surface area contributed by atoms with Crippen LogP contribution in [0.2, 0.25) is 0 Å². The molecule has 1 aliphatic rings. The standard InChI is InChI=1S/C22H19N3O2S2/c1-14-21(26)24-19-12-15(10-11-20(19)28-14)22(27)23-17-8-5-9-18(13-17)29-25-16-6-3-2-4-7-16/h2-14,25H,1H3,(H,23,27)(H,24,26)/t14-/m1/s1. The average molecular weight is 422 g/mol. The smallest absolute Gasteiger partial charge is 0.255 e. The van der Waals surface area contributed by atoms with Crippen molar-refractivity contribution in [3.05, 3.63) is 78.4 Å². The highest BCUT2D eigenvalue weighted by molar-refractivity contribution is 8.01. The number of rotatable bonds is 5. The lowest BCUT2D eigenvalue weighted by Gasteiger charge is -2.21. The van der Waals surface area contributed by atoms with E-state index in [2.05, 4.69) is 15.4 Å². The molecule has 1 heterocycles. The van der Waals surface area contributed by atoms with Crippen molar-refractivity contribution >= 4 is 52.6 Å². The molecule has 1 aliphatic heterocycles. The van der Waals surface area contributed by atoms with E-state index in [4.69, 9.17) is 0 Å². The SMILES string of the molecule is C[C@H]1Sc2ccc(C(=O)Nc3cccc(SNc4ccccc4)c3)cc2NC1=O. The van der Waals surface area contributed by atoms with E-state index in [-0.39, 0.29) is 17.1 Å². The number of benzene rings is 3. The first-order valence-electron chi connectivity index (χ1n) is 9.09. The number of amides is 2. The Morgan fingerprint density at radius 2 is 1.79 bits per heavy atom. The predicted octanol–water partition coefficient (Wildman–Crippen LogP) is 5.49. The largest absolute Gasteiger partial charge is 0.326 e. The highest BCUT2D eigenvalue weighted by Crippen LogP contribution is 2.36. The quantitative estimate of drug-likeness (QED) is 0.475. The second-order valence-electron chi connectivity index (χ2n) is 6.51. The molecule has 0 unspecified atom stereocenters. The van der Waals surface area contributed by atoms with Gasteiger partial charge in [-0.15, -0.1) is 11.8 Å². The molecule has 0 fully saturated rings. The number of fused-ring (bicyclic) bond motifs is 1. The summed E-state index contributed by atoms with van der Waals surface area (Å²) in [6.45, 7) is 1.86. The third kappa shape index (κ3) is 4.75. The molecule has 3 N–H and O–H groups in total.